The average Bonchev–Trinajstić information content (AvgIpc) is 2.85. The number of carbonyl (C=O) groups excluding carboxylic acids is 2. The summed E-state index contributed by atoms with van der Waals surface area (Å²) in [6.45, 7) is 5.02. The first-order valence-electron chi connectivity index (χ1n) is 11.2. The summed E-state index contributed by atoms with van der Waals surface area (Å²) in [7, 11) is 0. The molecule has 2 amide bonds. The van der Waals surface area contributed by atoms with Crippen LogP contribution in [0.25, 0.3) is 0 Å². The van der Waals surface area contributed by atoms with E-state index in [1.807, 2.05) is 74.5 Å². The van der Waals surface area contributed by atoms with E-state index in [1.54, 1.807) is 18.2 Å². The van der Waals surface area contributed by atoms with Crippen LogP contribution < -0.4 is 20.1 Å². The number of ether oxygens (including phenoxy) is 2. The summed E-state index contributed by atoms with van der Waals surface area (Å²) in [6, 6.07) is 25.1. The van der Waals surface area contributed by atoms with Gasteiger partial charge in [0.05, 0.1) is 19.8 Å². The van der Waals surface area contributed by atoms with Crippen LogP contribution in [-0.2, 0) is 4.79 Å². The van der Waals surface area contributed by atoms with Gasteiger partial charge in [0.1, 0.15) is 0 Å². The molecule has 0 spiro atoms. The van der Waals surface area contributed by atoms with Crippen molar-refractivity contribution in [3.05, 3.63) is 95.6 Å². The SMILES string of the molecule is CCOc1ccc(C(=O)NCC(=O)NCC(c2ccccc2)c2ccccc2)cc1OCC. The smallest absolute Gasteiger partial charge is 0.251 e. The Kier molecular flexibility index (Phi) is 8.88. The predicted octanol–water partition coefficient (Wildman–Crippen LogP) is 4.16. The van der Waals surface area contributed by atoms with Crippen LogP contribution in [0.1, 0.15) is 41.3 Å². The summed E-state index contributed by atoms with van der Waals surface area (Å²) in [5, 5.41) is 5.62. The highest BCUT2D eigenvalue weighted by atomic mass is 16.5. The van der Waals surface area contributed by atoms with E-state index in [0.717, 1.165) is 11.1 Å². The minimum Gasteiger partial charge on any atom is -0.490 e. The number of nitrogens with one attached hydrogen (secondary N) is 2. The normalized spacial score (nSPS) is 10.5. The van der Waals surface area contributed by atoms with E-state index in [-0.39, 0.29) is 24.3 Å². The number of carbonyl (C=O) groups is 2. The molecule has 33 heavy (non-hydrogen) atoms. The number of hydrogen-bond donors (Lipinski definition) is 2. The molecule has 0 saturated carbocycles. The fourth-order valence-electron chi connectivity index (χ4n) is 3.53. The fourth-order valence-corrected chi connectivity index (χ4v) is 3.53. The van der Waals surface area contributed by atoms with Crippen molar-refractivity contribution in [2.45, 2.75) is 19.8 Å². The van der Waals surface area contributed by atoms with Crippen molar-refractivity contribution in [3.63, 3.8) is 0 Å². The minimum absolute atomic E-state index is 0.0203. The largest absolute Gasteiger partial charge is 0.490 e. The first-order chi connectivity index (χ1) is 16.1. The van der Waals surface area contributed by atoms with E-state index in [4.69, 9.17) is 9.47 Å². The lowest BCUT2D eigenvalue weighted by molar-refractivity contribution is -0.120. The van der Waals surface area contributed by atoms with Gasteiger partial charge in [-0.25, -0.2) is 0 Å². The Morgan fingerprint density at radius 3 is 1.91 bits per heavy atom. The molecule has 0 aliphatic carbocycles. The molecule has 0 bridgehead atoms. The molecule has 0 fully saturated rings. The van der Waals surface area contributed by atoms with Crippen LogP contribution in [0.15, 0.2) is 78.9 Å². The van der Waals surface area contributed by atoms with Gasteiger partial charge < -0.3 is 20.1 Å². The van der Waals surface area contributed by atoms with Crippen LogP contribution >= 0.6 is 0 Å². The van der Waals surface area contributed by atoms with Crippen LogP contribution in [0, 0.1) is 0 Å². The van der Waals surface area contributed by atoms with Crippen molar-refractivity contribution in [1.29, 1.82) is 0 Å². The third-order valence-corrected chi connectivity index (χ3v) is 5.12. The summed E-state index contributed by atoms with van der Waals surface area (Å²) in [5.74, 6) is 0.506. The third-order valence-electron chi connectivity index (χ3n) is 5.12. The van der Waals surface area contributed by atoms with Crippen molar-refractivity contribution in [2.75, 3.05) is 26.3 Å². The maximum Gasteiger partial charge on any atom is 0.251 e. The molecule has 0 aromatic heterocycles. The molecule has 172 valence electrons. The molecule has 2 N–H and O–H groups in total. The molecule has 0 heterocycles. The van der Waals surface area contributed by atoms with Crippen molar-refractivity contribution in [3.8, 4) is 11.5 Å². The zero-order valence-corrected chi connectivity index (χ0v) is 19.0. The lowest BCUT2D eigenvalue weighted by Crippen LogP contribution is -2.38. The van der Waals surface area contributed by atoms with Gasteiger partial charge in [0.25, 0.3) is 5.91 Å². The maximum atomic E-state index is 12.6. The Labute approximate surface area is 194 Å². The molecule has 0 aliphatic rings. The number of rotatable bonds is 11. The molecule has 6 nitrogen and oxygen atoms in total. The highest BCUT2D eigenvalue weighted by Crippen LogP contribution is 2.28. The summed E-state index contributed by atoms with van der Waals surface area (Å²) < 4.78 is 11.1. The van der Waals surface area contributed by atoms with Gasteiger partial charge in [-0.15, -0.1) is 0 Å². The van der Waals surface area contributed by atoms with E-state index >= 15 is 0 Å². The first kappa shape index (κ1) is 23.9. The molecule has 3 aromatic carbocycles. The second kappa shape index (κ2) is 12.3. The monoisotopic (exact) mass is 446 g/mol. The summed E-state index contributed by atoms with van der Waals surface area (Å²) in [5.41, 5.74) is 2.64. The molecule has 0 atom stereocenters. The van der Waals surface area contributed by atoms with Gasteiger partial charge in [-0.1, -0.05) is 60.7 Å². The van der Waals surface area contributed by atoms with E-state index in [9.17, 15) is 9.59 Å². The van der Waals surface area contributed by atoms with Gasteiger partial charge in [0, 0.05) is 18.0 Å². The average molecular weight is 447 g/mol. The summed E-state index contributed by atoms with van der Waals surface area (Å²) in [4.78, 5) is 25.1. The first-order valence-corrected chi connectivity index (χ1v) is 11.2. The third kappa shape index (κ3) is 6.84. The Bertz CT molecular complexity index is 999. The Morgan fingerprint density at radius 2 is 1.33 bits per heavy atom. The van der Waals surface area contributed by atoms with Crippen molar-refractivity contribution in [1.82, 2.24) is 10.6 Å². The zero-order valence-electron chi connectivity index (χ0n) is 19.0. The van der Waals surface area contributed by atoms with Gasteiger partial charge >= 0.3 is 0 Å². The molecule has 3 rings (SSSR count). The summed E-state index contributed by atoms with van der Waals surface area (Å²) >= 11 is 0. The van der Waals surface area contributed by atoms with Gasteiger partial charge in [0.15, 0.2) is 11.5 Å². The molecule has 0 radical (unpaired) electrons. The second-order valence-corrected chi connectivity index (χ2v) is 7.39. The van der Waals surface area contributed by atoms with Gasteiger partial charge in [-0.3, -0.25) is 9.59 Å². The molecule has 0 aliphatic heterocycles. The Balaban J connectivity index is 1.59. The number of benzene rings is 3. The van der Waals surface area contributed by atoms with E-state index in [2.05, 4.69) is 10.6 Å². The van der Waals surface area contributed by atoms with E-state index < -0.39 is 0 Å². The standard InChI is InChI=1S/C27H30N2O4/c1-3-32-24-16-15-22(17-25(24)33-4-2)27(31)29-19-26(30)28-18-23(20-11-7-5-8-12-20)21-13-9-6-10-14-21/h5-17,23H,3-4,18-19H2,1-2H3,(H,28,30)(H,29,31). The van der Waals surface area contributed by atoms with Crippen molar-refractivity contribution in [2.24, 2.45) is 0 Å². The number of hydrogen-bond acceptors (Lipinski definition) is 4. The maximum absolute atomic E-state index is 12.6. The minimum atomic E-state index is -0.350. The lowest BCUT2D eigenvalue weighted by atomic mass is 9.91. The summed E-state index contributed by atoms with van der Waals surface area (Å²) in [6.07, 6.45) is 0. The van der Waals surface area contributed by atoms with Crippen molar-refractivity contribution < 1.29 is 19.1 Å². The zero-order chi connectivity index (χ0) is 23.5. The molecule has 0 saturated heterocycles. The fraction of sp³-hybridized carbons (Fsp3) is 0.259. The van der Waals surface area contributed by atoms with E-state index in [0.29, 0.717) is 36.8 Å². The highest BCUT2D eigenvalue weighted by molar-refractivity contribution is 5.97. The van der Waals surface area contributed by atoms with Crippen LogP contribution in [0.4, 0.5) is 0 Å². The second-order valence-electron chi connectivity index (χ2n) is 7.39. The molecular formula is C27H30N2O4. The van der Waals surface area contributed by atoms with E-state index in [1.165, 1.54) is 0 Å². The van der Waals surface area contributed by atoms with Gasteiger partial charge in [-0.2, -0.15) is 0 Å². The predicted molar refractivity (Wildman–Crippen MR) is 129 cm³/mol. The van der Waals surface area contributed by atoms with Crippen LogP contribution in [0.3, 0.4) is 0 Å². The Morgan fingerprint density at radius 1 is 0.758 bits per heavy atom. The van der Waals surface area contributed by atoms with Crippen LogP contribution in [-0.4, -0.2) is 38.1 Å². The van der Waals surface area contributed by atoms with Gasteiger partial charge in [-0.05, 0) is 43.2 Å². The number of amides is 2. The topological polar surface area (TPSA) is 76.7 Å². The molecule has 3 aromatic rings. The Hall–Kier alpha value is -3.80. The van der Waals surface area contributed by atoms with Gasteiger partial charge in [0.2, 0.25) is 5.91 Å². The molecular weight excluding hydrogens is 416 g/mol. The van der Waals surface area contributed by atoms with Crippen LogP contribution in [0.5, 0.6) is 11.5 Å². The van der Waals surface area contributed by atoms with Crippen LogP contribution in [0.2, 0.25) is 0 Å². The highest BCUT2D eigenvalue weighted by Gasteiger charge is 2.16. The van der Waals surface area contributed by atoms with Crippen molar-refractivity contribution >= 4 is 11.8 Å². The lowest BCUT2D eigenvalue weighted by Gasteiger charge is -2.19. The molecule has 0 unspecified atom stereocenters. The molecule has 6 heteroatoms. The quantitative estimate of drug-likeness (QED) is 0.464.